The van der Waals surface area contributed by atoms with Crippen LogP contribution in [-0.4, -0.2) is 18.2 Å². The van der Waals surface area contributed by atoms with Gasteiger partial charge in [-0.15, -0.1) is 0 Å². The average Bonchev–Trinajstić information content (AvgIpc) is 2.94. The van der Waals surface area contributed by atoms with Crippen molar-refractivity contribution in [2.75, 3.05) is 13.2 Å². The van der Waals surface area contributed by atoms with Crippen molar-refractivity contribution in [2.24, 2.45) is 0 Å². The Balaban J connectivity index is 1.38. The molecule has 4 heteroatoms. The van der Waals surface area contributed by atoms with Crippen LogP contribution in [0.25, 0.3) is 11.1 Å². The summed E-state index contributed by atoms with van der Waals surface area (Å²) in [5.41, 5.74) is 3.74. The third-order valence-electron chi connectivity index (χ3n) is 7.81. The summed E-state index contributed by atoms with van der Waals surface area (Å²) in [5, 5.41) is 0. The molecule has 0 spiro atoms. The third kappa shape index (κ3) is 10.2. The first kappa shape index (κ1) is 30.4. The second-order valence-electron chi connectivity index (χ2n) is 11.0. The summed E-state index contributed by atoms with van der Waals surface area (Å²) in [6.07, 6.45) is 23.1. The van der Waals surface area contributed by atoms with Crippen LogP contribution in [-0.2, 0) is 12.8 Å². The maximum atomic E-state index is 15.3. The first-order valence-corrected chi connectivity index (χ1v) is 15.8. The highest BCUT2D eigenvalue weighted by Crippen LogP contribution is 2.38. The van der Waals surface area contributed by atoms with Crippen LogP contribution in [0.1, 0.15) is 134 Å². The summed E-state index contributed by atoms with van der Waals surface area (Å²) < 4.78 is 27.1. The van der Waals surface area contributed by atoms with E-state index in [0.717, 1.165) is 48.1 Å². The van der Waals surface area contributed by atoms with Crippen molar-refractivity contribution in [2.45, 2.75) is 136 Å². The van der Waals surface area contributed by atoms with Gasteiger partial charge in [-0.2, -0.15) is 0 Å². The SMILES string of the molecule is CCCCCCCCCCCCOc1ccc2c(c1F)CCc1nc(OCCCCCCCCC)ccc1-2. The van der Waals surface area contributed by atoms with Gasteiger partial charge in [0.05, 0.1) is 18.9 Å². The number of ether oxygens (including phenoxy) is 2. The summed E-state index contributed by atoms with van der Waals surface area (Å²) in [6, 6.07) is 7.78. The van der Waals surface area contributed by atoms with Crippen LogP contribution >= 0.6 is 0 Å². The number of unbranched alkanes of at least 4 members (excludes halogenated alkanes) is 15. The Morgan fingerprint density at radius 1 is 0.605 bits per heavy atom. The van der Waals surface area contributed by atoms with Crippen molar-refractivity contribution < 1.29 is 13.9 Å². The number of fused-ring (bicyclic) bond motifs is 3. The first-order valence-electron chi connectivity index (χ1n) is 15.8. The Bertz CT molecular complexity index is 929. The van der Waals surface area contributed by atoms with Crippen molar-refractivity contribution in [1.29, 1.82) is 0 Å². The maximum Gasteiger partial charge on any atom is 0.213 e. The summed E-state index contributed by atoms with van der Waals surface area (Å²) in [4.78, 5) is 4.76. The van der Waals surface area contributed by atoms with Gasteiger partial charge in [-0.1, -0.05) is 116 Å². The molecule has 0 atom stereocenters. The molecule has 0 N–H and O–H groups in total. The molecule has 0 unspecified atom stereocenters. The molecule has 38 heavy (non-hydrogen) atoms. The van der Waals surface area contributed by atoms with Crippen molar-refractivity contribution in [3.05, 3.63) is 41.3 Å². The highest BCUT2D eigenvalue weighted by molar-refractivity contribution is 5.73. The fraction of sp³-hybridized carbons (Fsp3) is 0.676. The van der Waals surface area contributed by atoms with E-state index < -0.39 is 0 Å². The molecule has 0 bridgehead atoms. The number of aryl methyl sites for hydroxylation is 1. The van der Waals surface area contributed by atoms with Crippen LogP contribution in [0.5, 0.6) is 11.6 Å². The van der Waals surface area contributed by atoms with Crippen LogP contribution in [0.4, 0.5) is 4.39 Å². The lowest BCUT2D eigenvalue weighted by atomic mass is 9.88. The van der Waals surface area contributed by atoms with Crippen molar-refractivity contribution in [3.8, 4) is 22.8 Å². The smallest absolute Gasteiger partial charge is 0.213 e. The number of nitrogens with zero attached hydrogens (tertiary/aromatic N) is 1. The van der Waals surface area contributed by atoms with Crippen LogP contribution < -0.4 is 9.47 Å². The summed E-state index contributed by atoms with van der Waals surface area (Å²) in [5.74, 6) is 0.889. The molecule has 1 aromatic heterocycles. The minimum Gasteiger partial charge on any atom is -0.491 e. The zero-order valence-electron chi connectivity index (χ0n) is 24.3. The molecule has 1 aromatic carbocycles. The van der Waals surface area contributed by atoms with Crippen LogP contribution in [0.15, 0.2) is 24.3 Å². The quantitative estimate of drug-likeness (QED) is 0.152. The Kier molecular flexibility index (Phi) is 14.6. The predicted octanol–water partition coefficient (Wildman–Crippen LogP) is 10.4. The molecule has 0 fully saturated rings. The van der Waals surface area contributed by atoms with Gasteiger partial charge < -0.3 is 9.47 Å². The number of halogens is 1. The molecular formula is C34H52FNO2. The average molecular weight is 526 g/mol. The van der Waals surface area contributed by atoms with Crippen LogP contribution in [0.3, 0.4) is 0 Å². The predicted molar refractivity (Wildman–Crippen MR) is 158 cm³/mol. The van der Waals surface area contributed by atoms with Gasteiger partial charge in [0.2, 0.25) is 5.88 Å². The topological polar surface area (TPSA) is 31.4 Å². The van der Waals surface area contributed by atoms with E-state index in [1.807, 2.05) is 18.2 Å². The number of rotatable bonds is 21. The minimum absolute atomic E-state index is 0.195. The van der Waals surface area contributed by atoms with Crippen LogP contribution in [0.2, 0.25) is 0 Å². The lowest BCUT2D eigenvalue weighted by Gasteiger charge is -2.21. The van der Waals surface area contributed by atoms with Crippen molar-refractivity contribution >= 4 is 0 Å². The van der Waals surface area contributed by atoms with Gasteiger partial charge in [-0.25, -0.2) is 9.37 Å². The molecule has 2 aromatic rings. The Morgan fingerprint density at radius 3 is 1.74 bits per heavy atom. The second kappa shape index (κ2) is 18.2. The number of hydrogen-bond donors (Lipinski definition) is 0. The molecule has 3 nitrogen and oxygen atoms in total. The van der Waals surface area contributed by atoms with Gasteiger partial charge in [-0.3, -0.25) is 0 Å². The van der Waals surface area contributed by atoms with Gasteiger partial charge in [0, 0.05) is 11.6 Å². The molecule has 0 saturated heterocycles. The highest BCUT2D eigenvalue weighted by Gasteiger charge is 2.23. The van der Waals surface area contributed by atoms with E-state index in [0.29, 0.717) is 31.3 Å². The summed E-state index contributed by atoms with van der Waals surface area (Å²) >= 11 is 0. The van der Waals surface area contributed by atoms with Gasteiger partial charge in [0.25, 0.3) is 0 Å². The molecule has 0 radical (unpaired) electrons. The Labute approximate surface area is 231 Å². The van der Waals surface area contributed by atoms with Gasteiger partial charge in [0.15, 0.2) is 11.6 Å². The Hall–Kier alpha value is -2.10. The molecule has 1 heterocycles. The minimum atomic E-state index is -0.195. The van der Waals surface area contributed by atoms with E-state index in [1.165, 1.54) is 89.9 Å². The molecule has 1 aliphatic rings. The molecule has 0 aliphatic heterocycles. The maximum absolute atomic E-state index is 15.3. The normalized spacial score (nSPS) is 12.3. The fourth-order valence-corrected chi connectivity index (χ4v) is 5.46. The van der Waals surface area contributed by atoms with E-state index in [9.17, 15) is 0 Å². The van der Waals surface area contributed by atoms with E-state index in [4.69, 9.17) is 14.5 Å². The van der Waals surface area contributed by atoms with E-state index in [1.54, 1.807) is 6.07 Å². The fourth-order valence-electron chi connectivity index (χ4n) is 5.46. The molecule has 0 saturated carbocycles. The first-order chi connectivity index (χ1) is 18.7. The Morgan fingerprint density at radius 2 is 1.13 bits per heavy atom. The number of hydrogen-bond acceptors (Lipinski definition) is 3. The molecule has 0 amide bonds. The van der Waals surface area contributed by atoms with Crippen molar-refractivity contribution in [1.82, 2.24) is 4.98 Å². The zero-order valence-corrected chi connectivity index (χ0v) is 24.3. The van der Waals surface area contributed by atoms with Crippen LogP contribution in [0, 0.1) is 5.82 Å². The monoisotopic (exact) mass is 525 g/mol. The lowest BCUT2D eigenvalue weighted by molar-refractivity contribution is 0.288. The molecular weight excluding hydrogens is 473 g/mol. The molecule has 3 rings (SSSR count). The van der Waals surface area contributed by atoms with Gasteiger partial charge in [-0.05, 0) is 48.9 Å². The van der Waals surface area contributed by atoms with Gasteiger partial charge in [0.1, 0.15) is 0 Å². The molecule has 1 aliphatic carbocycles. The number of benzene rings is 1. The van der Waals surface area contributed by atoms with Crippen molar-refractivity contribution in [3.63, 3.8) is 0 Å². The van der Waals surface area contributed by atoms with E-state index in [-0.39, 0.29) is 5.82 Å². The number of aromatic nitrogens is 1. The van der Waals surface area contributed by atoms with Gasteiger partial charge >= 0.3 is 0 Å². The summed E-state index contributed by atoms with van der Waals surface area (Å²) in [6.45, 7) is 5.81. The zero-order chi connectivity index (χ0) is 26.8. The second-order valence-corrected chi connectivity index (χ2v) is 11.0. The molecule has 212 valence electrons. The number of pyridine rings is 1. The standard InChI is InChI=1S/C34H52FNO2/c1-3-5-7-9-11-12-13-15-16-18-26-37-32-24-21-28-29-22-25-33(36-31(29)23-20-30(28)34(32)35)38-27-19-17-14-10-8-6-4-2/h21-22,24-25H,3-20,23,26-27H2,1-2H3. The summed E-state index contributed by atoms with van der Waals surface area (Å²) in [7, 11) is 0. The van der Waals surface area contributed by atoms with E-state index in [2.05, 4.69) is 13.8 Å². The third-order valence-corrected chi connectivity index (χ3v) is 7.81. The largest absolute Gasteiger partial charge is 0.491 e. The highest BCUT2D eigenvalue weighted by atomic mass is 19.1. The lowest BCUT2D eigenvalue weighted by Crippen LogP contribution is -2.11. The van der Waals surface area contributed by atoms with E-state index >= 15 is 4.39 Å².